The van der Waals surface area contributed by atoms with E-state index in [9.17, 15) is 0 Å². The van der Waals surface area contributed by atoms with Crippen LogP contribution in [0.5, 0.6) is 5.75 Å². The lowest BCUT2D eigenvalue weighted by atomic mass is 10.2. The molecule has 3 heteroatoms. The quantitative estimate of drug-likeness (QED) is 0.822. The van der Waals surface area contributed by atoms with Gasteiger partial charge in [-0.25, -0.2) is 0 Å². The minimum atomic E-state index is 0.585. The van der Waals surface area contributed by atoms with Crippen LogP contribution in [-0.4, -0.2) is 11.6 Å². The molecule has 3 nitrogen and oxygen atoms in total. The summed E-state index contributed by atoms with van der Waals surface area (Å²) in [4.78, 5) is 4.31. The number of aromatic nitrogens is 1. The summed E-state index contributed by atoms with van der Waals surface area (Å²) in [7, 11) is 0. The average Bonchev–Trinajstić information content (AvgIpc) is 2.42. The van der Waals surface area contributed by atoms with Crippen LogP contribution < -0.4 is 4.74 Å². The molecule has 2 aromatic rings. The van der Waals surface area contributed by atoms with Gasteiger partial charge in [-0.3, -0.25) is 4.98 Å². The summed E-state index contributed by atoms with van der Waals surface area (Å²) in [5.41, 5.74) is 2.82. The lowest BCUT2D eigenvalue weighted by Gasteiger charge is -2.05. The fraction of sp³-hybridized carbons (Fsp3) is 0.200. The van der Waals surface area contributed by atoms with Crippen LogP contribution in [0.2, 0.25) is 0 Å². The Balaban J connectivity index is 1.84. The minimum absolute atomic E-state index is 0.585. The van der Waals surface area contributed by atoms with Crippen molar-refractivity contribution >= 4 is 0 Å². The molecule has 0 aliphatic carbocycles. The predicted octanol–water partition coefficient (Wildman–Crippen LogP) is 2.88. The summed E-state index contributed by atoms with van der Waals surface area (Å²) >= 11 is 0. The van der Waals surface area contributed by atoms with Crippen molar-refractivity contribution in [3.8, 4) is 11.8 Å². The van der Waals surface area contributed by atoms with E-state index in [0.717, 1.165) is 23.4 Å². The second-order valence-corrected chi connectivity index (χ2v) is 4.06. The summed E-state index contributed by atoms with van der Waals surface area (Å²) in [6.45, 7) is 2.60. The van der Waals surface area contributed by atoms with Gasteiger partial charge in [0.15, 0.2) is 0 Å². The molecule has 0 amide bonds. The number of ether oxygens (including phenoxy) is 1. The van der Waals surface area contributed by atoms with Gasteiger partial charge in [-0.15, -0.1) is 0 Å². The van der Waals surface area contributed by atoms with Gasteiger partial charge in [0.25, 0.3) is 0 Å². The molecule has 0 saturated heterocycles. The maximum atomic E-state index is 8.68. The van der Waals surface area contributed by atoms with Gasteiger partial charge in [-0.2, -0.15) is 5.26 Å². The number of benzene rings is 1. The fourth-order valence-electron chi connectivity index (χ4n) is 1.55. The first-order valence-corrected chi connectivity index (χ1v) is 5.82. The molecule has 0 aliphatic heterocycles. The van der Waals surface area contributed by atoms with Crippen LogP contribution in [0.1, 0.15) is 16.8 Å². The zero-order valence-corrected chi connectivity index (χ0v) is 10.3. The molecule has 0 saturated carbocycles. The van der Waals surface area contributed by atoms with Crippen molar-refractivity contribution in [1.82, 2.24) is 4.98 Å². The molecule has 0 unspecified atom stereocenters. The van der Waals surface area contributed by atoms with E-state index in [0.29, 0.717) is 12.2 Å². The maximum absolute atomic E-state index is 8.68. The van der Waals surface area contributed by atoms with Crippen molar-refractivity contribution in [3.63, 3.8) is 0 Å². The van der Waals surface area contributed by atoms with E-state index in [1.54, 1.807) is 24.3 Å². The van der Waals surface area contributed by atoms with Gasteiger partial charge in [0, 0.05) is 18.3 Å². The van der Waals surface area contributed by atoms with E-state index in [1.807, 2.05) is 25.3 Å². The molecule has 18 heavy (non-hydrogen) atoms. The Morgan fingerprint density at radius 3 is 2.56 bits per heavy atom. The third-order valence-corrected chi connectivity index (χ3v) is 2.58. The number of pyridine rings is 1. The van der Waals surface area contributed by atoms with Gasteiger partial charge in [0.1, 0.15) is 5.75 Å². The second-order valence-electron chi connectivity index (χ2n) is 4.06. The Hall–Kier alpha value is -2.34. The van der Waals surface area contributed by atoms with Crippen LogP contribution >= 0.6 is 0 Å². The van der Waals surface area contributed by atoms with Crippen LogP contribution in [0.25, 0.3) is 0 Å². The van der Waals surface area contributed by atoms with Gasteiger partial charge < -0.3 is 4.74 Å². The van der Waals surface area contributed by atoms with Crippen molar-refractivity contribution in [2.24, 2.45) is 0 Å². The Labute approximate surface area is 107 Å². The third kappa shape index (κ3) is 3.33. The lowest BCUT2D eigenvalue weighted by Crippen LogP contribution is -2.02. The molecule has 1 heterocycles. The van der Waals surface area contributed by atoms with E-state index >= 15 is 0 Å². The molecule has 1 aromatic carbocycles. The summed E-state index contributed by atoms with van der Waals surface area (Å²) in [6, 6.07) is 13.2. The van der Waals surface area contributed by atoms with Crippen LogP contribution in [0.15, 0.2) is 42.6 Å². The number of hydrogen-bond acceptors (Lipinski definition) is 3. The topological polar surface area (TPSA) is 45.9 Å². The molecular formula is C15H14N2O. The summed E-state index contributed by atoms with van der Waals surface area (Å²) in [6.07, 6.45) is 2.64. The summed E-state index contributed by atoms with van der Waals surface area (Å²) < 4.78 is 5.59. The smallest absolute Gasteiger partial charge is 0.119 e. The molecule has 0 radical (unpaired) electrons. The van der Waals surface area contributed by atoms with Gasteiger partial charge in [0.2, 0.25) is 0 Å². The molecule has 0 fully saturated rings. The first-order chi connectivity index (χ1) is 8.78. The summed E-state index contributed by atoms with van der Waals surface area (Å²) in [5, 5.41) is 8.68. The monoisotopic (exact) mass is 238 g/mol. The highest BCUT2D eigenvalue weighted by Gasteiger charge is 1.97. The number of nitrogens with zero attached hydrogens (tertiary/aromatic N) is 2. The van der Waals surface area contributed by atoms with Crippen molar-refractivity contribution in [2.45, 2.75) is 13.3 Å². The van der Waals surface area contributed by atoms with Gasteiger partial charge in [0.05, 0.1) is 18.2 Å². The Morgan fingerprint density at radius 1 is 1.17 bits per heavy atom. The number of rotatable bonds is 4. The highest BCUT2D eigenvalue weighted by atomic mass is 16.5. The molecule has 0 bridgehead atoms. The van der Waals surface area contributed by atoms with E-state index in [-0.39, 0.29) is 0 Å². The highest BCUT2D eigenvalue weighted by molar-refractivity contribution is 5.34. The van der Waals surface area contributed by atoms with Crippen molar-refractivity contribution in [2.75, 3.05) is 6.61 Å². The van der Waals surface area contributed by atoms with Gasteiger partial charge in [-0.05, 0) is 42.8 Å². The Morgan fingerprint density at radius 2 is 1.94 bits per heavy atom. The molecule has 90 valence electrons. The molecule has 0 aliphatic rings. The number of hydrogen-bond donors (Lipinski definition) is 0. The average molecular weight is 238 g/mol. The van der Waals surface area contributed by atoms with Crippen LogP contribution in [0.4, 0.5) is 0 Å². The van der Waals surface area contributed by atoms with E-state index < -0.39 is 0 Å². The number of nitriles is 1. The van der Waals surface area contributed by atoms with Crippen molar-refractivity contribution < 1.29 is 4.74 Å². The van der Waals surface area contributed by atoms with E-state index in [1.165, 1.54) is 0 Å². The van der Waals surface area contributed by atoms with E-state index in [2.05, 4.69) is 11.1 Å². The van der Waals surface area contributed by atoms with Gasteiger partial charge in [-0.1, -0.05) is 6.07 Å². The normalized spacial score (nSPS) is 9.78. The summed E-state index contributed by atoms with van der Waals surface area (Å²) in [5.74, 6) is 0.779. The Bertz CT molecular complexity index is 538. The molecule has 0 N–H and O–H groups in total. The molecule has 2 rings (SSSR count). The van der Waals surface area contributed by atoms with E-state index in [4.69, 9.17) is 10.00 Å². The molecule has 0 atom stereocenters. The minimum Gasteiger partial charge on any atom is -0.493 e. The molecular weight excluding hydrogens is 224 g/mol. The van der Waals surface area contributed by atoms with Crippen molar-refractivity contribution in [3.05, 3.63) is 59.4 Å². The highest BCUT2D eigenvalue weighted by Crippen LogP contribution is 2.11. The van der Waals surface area contributed by atoms with Crippen LogP contribution in [0.3, 0.4) is 0 Å². The maximum Gasteiger partial charge on any atom is 0.119 e. The number of aryl methyl sites for hydroxylation is 1. The van der Waals surface area contributed by atoms with Crippen molar-refractivity contribution in [1.29, 1.82) is 5.26 Å². The fourth-order valence-corrected chi connectivity index (χ4v) is 1.55. The molecule has 0 spiro atoms. The Kier molecular flexibility index (Phi) is 3.93. The molecule has 1 aromatic heterocycles. The van der Waals surface area contributed by atoms with Gasteiger partial charge >= 0.3 is 0 Å². The third-order valence-electron chi connectivity index (χ3n) is 2.58. The zero-order valence-electron chi connectivity index (χ0n) is 10.3. The van der Waals surface area contributed by atoms with Crippen LogP contribution in [0, 0.1) is 18.3 Å². The predicted molar refractivity (Wildman–Crippen MR) is 69.3 cm³/mol. The largest absolute Gasteiger partial charge is 0.493 e. The first kappa shape index (κ1) is 12.1. The standard InChI is InChI=1S/C15H14N2O/c1-12-2-5-14(17-11-12)8-9-18-15-6-3-13(10-16)4-7-15/h2-7,11H,8-9H2,1H3. The van der Waals surface area contributed by atoms with Crippen LogP contribution in [-0.2, 0) is 6.42 Å². The second kappa shape index (κ2) is 5.83. The SMILES string of the molecule is Cc1ccc(CCOc2ccc(C#N)cc2)nc1. The first-order valence-electron chi connectivity index (χ1n) is 5.82. The zero-order chi connectivity index (χ0) is 12.8. The lowest BCUT2D eigenvalue weighted by molar-refractivity contribution is 0.320.